The zero-order chi connectivity index (χ0) is 21.5. The first-order valence-corrected chi connectivity index (χ1v) is 11.3. The van der Waals surface area contributed by atoms with Crippen molar-refractivity contribution >= 4 is 17.8 Å². The number of rotatable bonds is 5. The zero-order valence-electron chi connectivity index (χ0n) is 18.3. The zero-order valence-corrected chi connectivity index (χ0v) is 18.3. The van der Waals surface area contributed by atoms with Crippen LogP contribution in [-0.4, -0.2) is 35.3 Å². The van der Waals surface area contributed by atoms with Crippen LogP contribution in [0.1, 0.15) is 70.4 Å². The summed E-state index contributed by atoms with van der Waals surface area (Å²) in [6, 6.07) is 7.39. The lowest BCUT2D eigenvalue weighted by Gasteiger charge is -2.39. The minimum Gasteiger partial charge on any atom is -0.352 e. The average Bonchev–Trinajstić information content (AvgIpc) is 3.22. The maximum absolute atomic E-state index is 13.2. The van der Waals surface area contributed by atoms with Crippen molar-refractivity contribution in [2.24, 2.45) is 11.3 Å². The molecule has 6 heteroatoms. The molecule has 1 heterocycles. The molecule has 2 N–H and O–H groups in total. The van der Waals surface area contributed by atoms with Crippen molar-refractivity contribution < 1.29 is 14.4 Å². The fourth-order valence-corrected chi connectivity index (χ4v) is 5.46. The summed E-state index contributed by atoms with van der Waals surface area (Å²) in [4.78, 5) is 39.5. The number of hydrogen-bond donors (Lipinski definition) is 2. The lowest BCUT2D eigenvalue weighted by molar-refractivity contribution is -0.135. The van der Waals surface area contributed by atoms with E-state index >= 15 is 0 Å². The number of amides is 4. The molecule has 2 aliphatic carbocycles. The van der Waals surface area contributed by atoms with Crippen LogP contribution >= 0.6 is 0 Å². The molecule has 1 aliphatic heterocycles. The molecule has 1 unspecified atom stereocenters. The van der Waals surface area contributed by atoms with E-state index in [1.807, 2.05) is 24.3 Å². The van der Waals surface area contributed by atoms with E-state index in [4.69, 9.17) is 0 Å². The second kappa shape index (κ2) is 7.71. The van der Waals surface area contributed by atoms with Gasteiger partial charge in [-0.1, -0.05) is 51.5 Å². The first kappa shape index (κ1) is 20.9. The number of carbonyl (C=O) groups is 3. The molecule has 1 saturated carbocycles. The first-order valence-electron chi connectivity index (χ1n) is 11.3. The molecule has 162 valence electrons. The van der Waals surface area contributed by atoms with Crippen LogP contribution < -0.4 is 10.6 Å². The highest BCUT2D eigenvalue weighted by atomic mass is 16.2. The van der Waals surface area contributed by atoms with Gasteiger partial charge in [0.15, 0.2) is 0 Å². The van der Waals surface area contributed by atoms with Crippen LogP contribution in [0.3, 0.4) is 0 Å². The Labute approximate surface area is 178 Å². The number of urea groups is 1. The Kier molecular flexibility index (Phi) is 5.37. The van der Waals surface area contributed by atoms with E-state index in [0.717, 1.165) is 54.6 Å². The molecule has 0 bridgehead atoms. The van der Waals surface area contributed by atoms with Crippen LogP contribution in [0.15, 0.2) is 24.3 Å². The molecule has 3 aliphatic rings. The van der Waals surface area contributed by atoms with Gasteiger partial charge in [-0.2, -0.15) is 0 Å². The molecule has 4 rings (SSSR count). The molecular formula is C24H33N3O3. The van der Waals surface area contributed by atoms with Crippen LogP contribution in [0.5, 0.6) is 0 Å². The van der Waals surface area contributed by atoms with E-state index in [2.05, 4.69) is 31.4 Å². The van der Waals surface area contributed by atoms with Crippen LogP contribution in [-0.2, 0) is 21.5 Å². The Bertz CT molecular complexity index is 857. The Balaban J connectivity index is 1.36. The minimum absolute atomic E-state index is 0.128. The normalized spacial score (nSPS) is 28.6. The number of benzene rings is 1. The fraction of sp³-hybridized carbons (Fsp3) is 0.625. The van der Waals surface area contributed by atoms with Crippen molar-refractivity contribution in [2.75, 3.05) is 6.54 Å². The summed E-state index contributed by atoms with van der Waals surface area (Å²) in [5.74, 6) is 0.130. The smallest absolute Gasteiger partial charge is 0.325 e. The van der Waals surface area contributed by atoms with E-state index in [0.29, 0.717) is 17.8 Å². The minimum atomic E-state index is -1.00. The quantitative estimate of drug-likeness (QED) is 0.728. The summed E-state index contributed by atoms with van der Waals surface area (Å²) >= 11 is 0. The maximum atomic E-state index is 13.2. The standard InChI is InChI=1S/C24H33N3O3/c1-4-23(2,3)17-9-11-18(12-10-17)25-20(28)15-27-21(29)24(26-22(27)30)14-13-16-7-5-6-8-19(16)24/h5-8,17-18H,4,9-15H2,1-3H3,(H,25,28)(H,26,30). The summed E-state index contributed by atoms with van der Waals surface area (Å²) < 4.78 is 0. The average molecular weight is 412 g/mol. The molecule has 6 nitrogen and oxygen atoms in total. The molecule has 0 aromatic heterocycles. The third-order valence-corrected chi connectivity index (χ3v) is 7.83. The number of carbonyl (C=O) groups excluding carboxylic acids is 3. The van der Waals surface area contributed by atoms with Gasteiger partial charge in [0.2, 0.25) is 5.91 Å². The van der Waals surface area contributed by atoms with Gasteiger partial charge >= 0.3 is 6.03 Å². The van der Waals surface area contributed by atoms with Gasteiger partial charge in [0.25, 0.3) is 5.91 Å². The van der Waals surface area contributed by atoms with Crippen molar-refractivity contribution in [3.63, 3.8) is 0 Å². The van der Waals surface area contributed by atoms with Crippen LogP contribution in [0, 0.1) is 11.3 Å². The van der Waals surface area contributed by atoms with E-state index in [1.165, 1.54) is 0 Å². The Morgan fingerprint density at radius 1 is 1.20 bits per heavy atom. The van der Waals surface area contributed by atoms with Crippen LogP contribution in [0.25, 0.3) is 0 Å². The van der Waals surface area contributed by atoms with Gasteiger partial charge in [-0.3, -0.25) is 14.5 Å². The van der Waals surface area contributed by atoms with Gasteiger partial charge in [-0.15, -0.1) is 0 Å². The van der Waals surface area contributed by atoms with Crippen LogP contribution in [0.4, 0.5) is 4.79 Å². The second-order valence-corrected chi connectivity index (χ2v) is 9.84. The predicted molar refractivity (Wildman–Crippen MR) is 115 cm³/mol. The van der Waals surface area contributed by atoms with Gasteiger partial charge in [0.05, 0.1) is 0 Å². The number of fused-ring (bicyclic) bond motifs is 2. The monoisotopic (exact) mass is 411 g/mol. The highest BCUT2D eigenvalue weighted by Crippen LogP contribution is 2.42. The molecule has 1 saturated heterocycles. The molecule has 2 fully saturated rings. The SMILES string of the molecule is CCC(C)(C)C1CCC(NC(=O)CN2C(=O)NC3(CCc4ccccc43)C2=O)CC1. The Hall–Kier alpha value is -2.37. The van der Waals surface area contributed by atoms with Crippen LogP contribution in [0.2, 0.25) is 0 Å². The number of aryl methyl sites for hydroxylation is 1. The first-order chi connectivity index (χ1) is 14.3. The van der Waals surface area contributed by atoms with Gasteiger partial charge < -0.3 is 10.6 Å². The predicted octanol–water partition coefficient (Wildman–Crippen LogP) is 3.49. The maximum Gasteiger partial charge on any atom is 0.325 e. The van der Waals surface area contributed by atoms with Gasteiger partial charge in [0, 0.05) is 6.04 Å². The summed E-state index contributed by atoms with van der Waals surface area (Å²) in [6.07, 6.45) is 6.58. The largest absolute Gasteiger partial charge is 0.352 e. The fourth-order valence-electron chi connectivity index (χ4n) is 5.46. The molecule has 1 spiro atoms. The summed E-state index contributed by atoms with van der Waals surface area (Å²) in [5.41, 5.74) is 1.28. The molecule has 1 aromatic carbocycles. The molecule has 1 aromatic rings. The lowest BCUT2D eigenvalue weighted by Crippen LogP contribution is -2.47. The number of nitrogens with one attached hydrogen (secondary N) is 2. The number of hydrogen-bond acceptors (Lipinski definition) is 3. The summed E-state index contributed by atoms with van der Waals surface area (Å²) in [7, 11) is 0. The number of imide groups is 1. The van der Waals surface area contributed by atoms with E-state index in [-0.39, 0.29) is 24.4 Å². The number of nitrogens with zero attached hydrogens (tertiary/aromatic N) is 1. The lowest BCUT2D eigenvalue weighted by atomic mass is 9.69. The van der Waals surface area contributed by atoms with Gasteiger partial charge in [-0.05, 0) is 61.0 Å². The molecular weight excluding hydrogens is 378 g/mol. The molecule has 4 amide bonds. The van der Waals surface area contributed by atoms with E-state index in [1.54, 1.807) is 0 Å². The van der Waals surface area contributed by atoms with Crippen molar-refractivity contribution in [1.29, 1.82) is 0 Å². The molecule has 1 atom stereocenters. The van der Waals surface area contributed by atoms with Crippen molar-refractivity contribution in [3.8, 4) is 0 Å². The highest BCUT2D eigenvalue weighted by Gasteiger charge is 2.55. The summed E-state index contributed by atoms with van der Waals surface area (Å²) in [5, 5.41) is 5.94. The third kappa shape index (κ3) is 3.50. The van der Waals surface area contributed by atoms with Crippen molar-refractivity contribution in [2.45, 2.75) is 77.3 Å². The molecule has 30 heavy (non-hydrogen) atoms. The Morgan fingerprint density at radius 3 is 2.60 bits per heavy atom. The Morgan fingerprint density at radius 2 is 1.90 bits per heavy atom. The van der Waals surface area contributed by atoms with E-state index in [9.17, 15) is 14.4 Å². The highest BCUT2D eigenvalue weighted by molar-refractivity contribution is 6.09. The van der Waals surface area contributed by atoms with E-state index < -0.39 is 11.6 Å². The topological polar surface area (TPSA) is 78.5 Å². The van der Waals surface area contributed by atoms with Crippen molar-refractivity contribution in [1.82, 2.24) is 15.5 Å². The van der Waals surface area contributed by atoms with Crippen molar-refractivity contribution in [3.05, 3.63) is 35.4 Å². The molecule has 0 radical (unpaired) electrons. The van der Waals surface area contributed by atoms with Gasteiger partial charge in [0.1, 0.15) is 12.1 Å². The third-order valence-electron chi connectivity index (χ3n) is 7.83. The van der Waals surface area contributed by atoms with Gasteiger partial charge in [-0.25, -0.2) is 4.79 Å². The second-order valence-electron chi connectivity index (χ2n) is 9.84. The summed E-state index contributed by atoms with van der Waals surface area (Å²) in [6.45, 7) is 6.67.